The molecule has 4 atom stereocenters. The van der Waals surface area contributed by atoms with Gasteiger partial charge in [-0.25, -0.2) is 13.1 Å². The number of hydrogen-bond acceptors (Lipinski definition) is 4. The number of fused-ring (bicyclic) bond motifs is 2. The standard InChI is InChI=1S/C24H30N2O3S/c1-23(2)19-13-14-24(23,20(27)15-19)16-30(28,29)26-22(18-11-7-4-8-12-18)21(25)17-9-5-3-6-10-17/h3-12,19,21-22,26H,13-16,25H2,1-2H3/t19?,21?,22?,24-/m0/s1. The number of sulfonamides is 1. The third-order valence-electron chi connectivity index (χ3n) is 7.58. The summed E-state index contributed by atoms with van der Waals surface area (Å²) in [5.74, 6) is 0.196. The van der Waals surface area contributed by atoms with E-state index in [0.29, 0.717) is 12.8 Å². The Morgan fingerprint density at radius 1 is 1.03 bits per heavy atom. The molecule has 6 heteroatoms. The highest BCUT2D eigenvalue weighted by Crippen LogP contribution is 2.64. The molecule has 3 N–H and O–H groups in total. The molecular weight excluding hydrogens is 396 g/mol. The van der Waals surface area contributed by atoms with Gasteiger partial charge in [0.1, 0.15) is 5.78 Å². The van der Waals surface area contributed by atoms with Gasteiger partial charge in [0.2, 0.25) is 10.0 Å². The molecule has 0 saturated heterocycles. The second kappa shape index (κ2) is 7.59. The maximum absolute atomic E-state index is 13.4. The van der Waals surface area contributed by atoms with Crippen molar-refractivity contribution in [1.29, 1.82) is 0 Å². The molecule has 0 spiro atoms. The first kappa shape index (κ1) is 21.2. The number of carbonyl (C=O) groups excluding carboxylic acids is 1. The van der Waals surface area contributed by atoms with Crippen molar-refractivity contribution < 1.29 is 13.2 Å². The van der Waals surface area contributed by atoms with E-state index in [0.717, 1.165) is 17.5 Å². The number of Topliss-reactive ketones (excluding diaryl/α,β-unsaturated/α-hetero) is 1. The molecule has 5 nitrogen and oxygen atoms in total. The molecule has 0 heterocycles. The van der Waals surface area contributed by atoms with Crippen LogP contribution in [0, 0.1) is 16.7 Å². The average Bonchev–Trinajstić information content (AvgIpc) is 3.07. The van der Waals surface area contributed by atoms with Crippen molar-refractivity contribution in [2.75, 3.05) is 5.75 Å². The van der Waals surface area contributed by atoms with E-state index >= 15 is 0 Å². The topological polar surface area (TPSA) is 89.3 Å². The summed E-state index contributed by atoms with van der Waals surface area (Å²) in [4.78, 5) is 12.8. The first-order valence-corrected chi connectivity index (χ1v) is 12.2. The van der Waals surface area contributed by atoms with E-state index < -0.39 is 27.5 Å². The Labute approximate surface area is 179 Å². The van der Waals surface area contributed by atoms with E-state index in [-0.39, 0.29) is 22.9 Å². The average molecular weight is 427 g/mol. The van der Waals surface area contributed by atoms with Crippen LogP contribution in [0.3, 0.4) is 0 Å². The van der Waals surface area contributed by atoms with Crippen LogP contribution in [0.4, 0.5) is 0 Å². The molecule has 2 bridgehead atoms. The van der Waals surface area contributed by atoms with Gasteiger partial charge in [0.05, 0.1) is 17.8 Å². The molecule has 2 fully saturated rings. The maximum Gasteiger partial charge on any atom is 0.213 e. The molecular formula is C24H30N2O3S. The van der Waals surface area contributed by atoms with Gasteiger partial charge in [-0.15, -0.1) is 0 Å². The Morgan fingerprint density at radius 3 is 2.10 bits per heavy atom. The minimum Gasteiger partial charge on any atom is -0.322 e. The Balaban J connectivity index is 1.65. The molecule has 2 aliphatic rings. The third-order valence-corrected chi connectivity index (χ3v) is 9.07. The zero-order chi connectivity index (χ0) is 21.6. The zero-order valence-corrected chi connectivity index (χ0v) is 18.4. The van der Waals surface area contributed by atoms with Gasteiger partial charge in [0, 0.05) is 11.8 Å². The predicted octanol–water partition coefficient (Wildman–Crippen LogP) is 3.74. The normalized spacial score (nSPS) is 27.2. The summed E-state index contributed by atoms with van der Waals surface area (Å²) in [7, 11) is -3.76. The van der Waals surface area contributed by atoms with Crippen LogP contribution in [0.2, 0.25) is 0 Å². The third kappa shape index (κ3) is 3.51. The summed E-state index contributed by atoms with van der Waals surface area (Å²) in [5, 5.41) is 0. The molecule has 2 aliphatic carbocycles. The van der Waals surface area contributed by atoms with Crippen molar-refractivity contribution in [3.05, 3.63) is 71.8 Å². The van der Waals surface area contributed by atoms with Crippen LogP contribution >= 0.6 is 0 Å². The highest BCUT2D eigenvalue weighted by Gasteiger charge is 2.65. The summed E-state index contributed by atoms with van der Waals surface area (Å²) in [5.41, 5.74) is 7.09. The van der Waals surface area contributed by atoms with Gasteiger partial charge in [0.15, 0.2) is 0 Å². The number of benzene rings is 2. The van der Waals surface area contributed by atoms with Gasteiger partial charge in [-0.05, 0) is 35.3 Å². The van der Waals surface area contributed by atoms with Crippen molar-refractivity contribution >= 4 is 15.8 Å². The molecule has 4 rings (SSSR count). The number of hydrogen-bond donors (Lipinski definition) is 2. The van der Waals surface area contributed by atoms with Gasteiger partial charge in [-0.3, -0.25) is 4.79 Å². The number of nitrogens with one attached hydrogen (secondary N) is 1. The lowest BCUT2D eigenvalue weighted by molar-refractivity contribution is -0.128. The second-order valence-corrected chi connectivity index (χ2v) is 11.1. The minimum absolute atomic E-state index is 0.0951. The van der Waals surface area contributed by atoms with Crippen LogP contribution in [-0.2, 0) is 14.8 Å². The van der Waals surface area contributed by atoms with Crippen LogP contribution in [0.25, 0.3) is 0 Å². The Hall–Kier alpha value is -2.02. The van der Waals surface area contributed by atoms with Crippen LogP contribution < -0.4 is 10.5 Å². The van der Waals surface area contributed by atoms with Crippen LogP contribution in [0.5, 0.6) is 0 Å². The quantitative estimate of drug-likeness (QED) is 0.706. The second-order valence-electron chi connectivity index (χ2n) is 9.37. The van der Waals surface area contributed by atoms with Crippen LogP contribution in [-0.4, -0.2) is 20.0 Å². The fraction of sp³-hybridized carbons (Fsp3) is 0.458. The molecule has 0 amide bonds. The largest absolute Gasteiger partial charge is 0.322 e. The monoisotopic (exact) mass is 426 g/mol. The maximum atomic E-state index is 13.4. The van der Waals surface area contributed by atoms with Crippen LogP contribution in [0.15, 0.2) is 60.7 Å². The lowest BCUT2D eigenvalue weighted by atomic mass is 9.70. The van der Waals surface area contributed by atoms with Crippen LogP contribution in [0.1, 0.15) is 56.3 Å². The molecule has 0 aromatic heterocycles. The SMILES string of the molecule is CC1(C)C2CC[C@]1(CS(=O)(=O)NC(c1ccccc1)C(N)c1ccccc1)C(=O)C2. The number of ketones is 1. The molecule has 3 unspecified atom stereocenters. The first-order valence-electron chi connectivity index (χ1n) is 10.6. The molecule has 2 aromatic rings. The fourth-order valence-electron chi connectivity index (χ4n) is 5.54. The van der Waals surface area contributed by atoms with Crippen molar-refractivity contribution in [2.24, 2.45) is 22.5 Å². The molecule has 30 heavy (non-hydrogen) atoms. The molecule has 0 radical (unpaired) electrons. The molecule has 0 aliphatic heterocycles. The Kier molecular flexibility index (Phi) is 5.37. The van der Waals surface area contributed by atoms with E-state index in [1.807, 2.05) is 60.7 Å². The van der Waals surface area contributed by atoms with Crippen molar-refractivity contribution in [1.82, 2.24) is 4.72 Å². The Bertz CT molecular complexity index is 1020. The van der Waals surface area contributed by atoms with Crippen molar-refractivity contribution in [3.8, 4) is 0 Å². The first-order chi connectivity index (χ1) is 14.2. The lowest BCUT2D eigenvalue weighted by Gasteiger charge is -2.37. The van der Waals surface area contributed by atoms with E-state index in [1.54, 1.807) is 0 Å². The fourth-order valence-corrected chi connectivity index (χ4v) is 7.62. The molecule has 2 saturated carbocycles. The van der Waals surface area contributed by atoms with Crippen molar-refractivity contribution in [3.63, 3.8) is 0 Å². The number of nitrogens with two attached hydrogens (primary N) is 1. The lowest BCUT2D eigenvalue weighted by Crippen LogP contribution is -2.47. The van der Waals surface area contributed by atoms with E-state index in [4.69, 9.17) is 5.73 Å². The summed E-state index contributed by atoms with van der Waals surface area (Å²) in [6.07, 6.45) is 2.05. The van der Waals surface area contributed by atoms with Gasteiger partial charge in [0.25, 0.3) is 0 Å². The van der Waals surface area contributed by atoms with E-state index in [1.165, 1.54) is 0 Å². The van der Waals surface area contributed by atoms with Gasteiger partial charge < -0.3 is 5.73 Å². The Morgan fingerprint density at radius 2 is 1.60 bits per heavy atom. The molecule has 160 valence electrons. The van der Waals surface area contributed by atoms with E-state index in [9.17, 15) is 13.2 Å². The minimum atomic E-state index is -3.76. The molecule has 2 aromatic carbocycles. The number of carbonyl (C=O) groups is 1. The highest BCUT2D eigenvalue weighted by molar-refractivity contribution is 7.89. The summed E-state index contributed by atoms with van der Waals surface area (Å²) in [6, 6.07) is 17.7. The predicted molar refractivity (Wildman–Crippen MR) is 118 cm³/mol. The van der Waals surface area contributed by atoms with Gasteiger partial charge >= 0.3 is 0 Å². The summed E-state index contributed by atoms with van der Waals surface area (Å²) >= 11 is 0. The summed E-state index contributed by atoms with van der Waals surface area (Å²) < 4.78 is 29.7. The van der Waals surface area contributed by atoms with Gasteiger partial charge in [-0.1, -0.05) is 74.5 Å². The van der Waals surface area contributed by atoms with E-state index in [2.05, 4.69) is 18.6 Å². The smallest absolute Gasteiger partial charge is 0.213 e. The summed E-state index contributed by atoms with van der Waals surface area (Å²) in [6.45, 7) is 4.10. The number of rotatable bonds is 7. The zero-order valence-electron chi connectivity index (χ0n) is 17.5. The van der Waals surface area contributed by atoms with Crippen molar-refractivity contribution in [2.45, 2.75) is 45.2 Å². The highest BCUT2D eigenvalue weighted by atomic mass is 32.2. The van der Waals surface area contributed by atoms with Gasteiger partial charge in [-0.2, -0.15) is 0 Å².